The standard InChI is InChI=1S/C23H23FN4O/c24-20-10-4-5-11-21(20)26-23(27-28-25)19-9-2-1-7-17(19)18-8-3-6-12-22(18)29-15-16-13-14-16/h1-12,16,28H,13-15,25H2,(H,26,27). The lowest BCUT2D eigenvalue weighted by molar-refractivity contribution is 0.301. The fraction of sp³-hybridized carbons (Fsp3) is 0.174. The quantitative estimate of drug-likeness (QED) is 0.243. The molecule has 1 fully saturated rings. The highest BCUT2D eigenvalue weighted by atomic mass is 19.1. The van der Waals surface area contributed by atoms with Crippen LogP contribution in [0.2, 0.25) is 0 Å². The molecule has 0 aliphatic heterocycles. The summed E-state index contributed by atoms with van der Waals surface area (Å²) in [6.07, 6.45) is 2.45. The lowest BCUT2D eigenvalue weighted by Crippen LogP contribution is -2.42. The maximum atomic E-state index is 14.2. The summed E-state index contributed by atoms with van der Waals surface area (Å²) in [7, 11) is 0. The Morgan fingerprint density at radius 3 is 2.41 bits per heavy atom. The van der Waals surface area contributed by atoms with Gasteiger partial charge in [0, 0.05) is 11.1 Å². The van der Waals surface area contributed by atoms with Gasteiger partial charge in [0.25, 0.3) is 0 Å². The number of halogens is 1. The molecule has 4 rings (SSSR count). The van der Waals surface area contributed by atoms with Crippen LogP contribution in [-0.4, -0.2) is 12.4 Å². The van der Waals surface area contributed by atoms with Crippen molar-refractivity contribution in [3.63, 3.8) is 0 Å². The summed E-state index contributed by atoms with van der Waals surface area (Å²) in [4.78, 5) is 4.47. The molecule has 0 radical (unpaired) electrons. The summed E-state index contributed by atoms with van der Waals surface area (Å²) in [5, 5.41) is 0. The molecular weight excluding hydrogens is 367 g/mol. The van der Waals surface area contributed by atoms with Crippen molar-refractivity contribution < 1.29 is 9.13 Å². The van der Waals surface area contributed by atoms with Crippen LogP contribution in [0.3, 0.4) is 0 Å². The van der Waals surface area contributed by atoms with E-state index in [0.717, 1.165) is 29.0 Å². The second-order valence-electron chi connectivity index (χ2n) is 6.98. The van der Waals surface area contributed by atoms with Crippen molar-refractivity contribution in [2.75, 3.05) is 6.61 Å². The molecule has 0 saturated heterocycles. The number of nitrogens with two attached hydrogens (primary N) is 1. The van der Waals surface area contributed by atoms with Gasteiger partial charge in [-0.25, -0.2) is 9.38 Å². The minimum absolute atomic E-state index is 0.221. The molecule has 0 amide bonds. The van der Waals surface area contributed by atoms with Gasteiger partial charge in [-0.1, -0.05) is 54.6 Å². The van der Waals surface area contributed by atoms with Crippen LogP contribution in [0.4, 0.5) is 10.1 Å². The summed E-state index contributed by atoms with van der Waals surface area (Å²) in [6.45, 7) is 0.720. The zero-order valence-electron chi connectivity index (χ0n) is 15.9. The number of amidine groups is 1. The van der Waals surface area contributed by atoms with E-state index in [1.54, 1.807) is 18.2 Å². The normalized spacial score (nSPS) is 13.9. The molecule has 3 aromatic rings. The first kappa shape index (κ1) is 19.1. The molecule has 0 atom stereocenters. The van der Waals surface area contributed by atoms with E-state index in [-0.39, 0.29) is 5.69 Å². The number of para-hydroxylation sites is 2. The molecule has 5 nitrogen and oxygen atoms in total. The van der Waals surface area contributed by atoms with Crippen LogP contribution in [0.25, 0.3) is 11.1 Å². The van der Waals surface area contributed by atoms with Gasteiger partial charge < -0.3 is 4.74 Å². The van der Waals surface area contributed by atoms with Crippen LogP contribution in [0.5, 0.6) is 5.75 Å². The summed E-state index contributed by atoms with van der Waals surface area (Å²) in [6, 6.07) is 22.0. The molecule has 0 spiro atoms. The molecular formula is C23H23FN4O. The van der Waals surface area contributed by atoms with Gasteiger partial charge >= 0.3 is 0 Å². The average Bonchev–Trinajstić information content (AvgIpc) is 3.58. The highest BCUT2D eigenvalue weighted by molar-refractivity contribution is 6.05. The van der Waals surface area contributed by atoms with Crippen LogP contribution in [0, 0.1) is 11.7 Å². The van der Waals surface area contributed by atoms with Crippen LogP contribution in [-0.2, 0) is 0 Å². The van der Waals surface area contributed by atoms with Crippen LogP contribution < -0.4 is 21.5 Å². The second-order valence-corrected chi connectivity index (χ2v) is 6.98. The maximum Gasteiger partial charge on any atom is 0.149 e. The summed E-state index contributed by atoms with van der Waals surface area (Å²) < 4.78 is 20.3. The van der Waals surface area contributed by atoms with Gasteiger partial charge in [-0.3, -0.25) is 11.3 Å². The Hall–Kier alpha value is -3.22. The van der Waals surface area contributed by atoms with Gasteiger partial charge in [0.2, 0.25) is 0 Å². The molecule has 4 N–H and O–H groups in total. The third kappa shape index (κ3) is 4.62. The predicted molar refractivity (Wildman–Crippen MR) is 113 cm³/mol. The van der Waals surface area contributed by atoms with Crippen molar-refractivity contribution in [3.05, 3.63) is 84.2 Å². The van der Waals surface area contributed by atoms with Crippen molar-refractivity contribution >= 4 is 11.5 Å². The first-order valence-corrected chi connectivity index (χ1v) is 9.62. The minimum atomic E-state index is -0.408. The van der Waals surface area contributed by atoms with E-state index >= 15 is 0 Å². The Balaban J connectivity index is 1.77. The number of nitrogens with zero attached hydrogens (tertiary/aromatic N) is 1. The zero-order chi connectivity index (χ0) is 20.1. The van der Waals surface area contributed by atoms with Gasteiger partial charge in [0.05, 0.1) is 6.61 Å². The van der Waals surface area contributed by atoms with Gasteiger partial charge in [0.15, 0.2) is 0 Å². The number of aliphatic imine (C=N–C) groups is 1. The number of benzene rings is 3. The minimum Gasteiger partial charge on any atom is -0.493 e. The van der Waals surface area contributed by atoms with E-state index < -0.39 is 5.82 Å². The first-order chi connectivity index (χ1) is 14.3. The number of ether oxygens (including phenoxy) is 1. The smallest absolute Gasteiger partial charge is 0.149 e. The monoisotopic (exact) mass is 390 g/mol. The molecule has 1 aliphatic rings. The fourth-order valence-corrected chi connectivity index (χ4v) is 3.12. The van der Waals surface area contributed by atoms with E-state index in [1.807, 2.05) is 48.5 Å². The maximum absolute atomic E-state index is 14.2. The molecule has 1 saturated carbocycles. The van der Waals surface area contributed by atoms with Gasteiger partial charge in [-0.2, -0.15) is 5.53 Å². The molecule has 3 aromatic carbocycles. The Bertz CT molecular complexity index is 1020. The SMILES string of the molecule is NNNC(=Nc1ccccc1F)c1ccccc1-c1ccccc1OCC1CC1. The van der Waals surface area contributed by atoms with Gasteiger partial charge in [-0.05, 0) is 42.5 Å². The number of hydrazine groups is 2. The highest BCUT2D eigenvalue weighted by Crippen LogP contribution is 2.35. The Morgan fingerprint density at radius 2 is 1.66 bits per heavy atom. The average molecular weight is 390 g/mol. The van der Waals surface area contributed by atoms with Crippen molar-refractivity contribution in [2.24, 2.45) is 16.8 Å². The number of hydrogen-bond acceptors (Lipinski definition) is 4. The predicted octanol–water partition coefficient (Wildman–Crippen LogP) is 4.33. The van der Waals surface area contributed by atoms with E-state index in [9.17, 15) is 4.39 Å². The van der Waals surface area contributed by atoms with Crippen LogP contribution >= 0.6 is 0 Å². The molecule has 0 unspecified atom stereocenters. The lowest BCUT2D eigenvalue weighted by atomic mass is 9.98. The van der Waals surface area contributed by atoms with Crippen LogP contribution in [0.1, 0.15) is 18.4 Å². The van der Waals surface area contributed by atoms with E-state index in [0.29, 0.717) is 11.8 Å². The fourth-order valence-electron chi connectivity index (χ4n) is 3.12. The Morgan fingerprint density at radius 1 is 0.966 bits per heavy atom. The molecule has 29 heavy (non-hydrogen) atoms. The van der Waals surface area contributed by atoms with Crippen molar-refractivity contribution in [1.29, 1.82) is 0 Å². The third-order valence-electron chi connectivity index (χ3n) is 4.81. The van der Waals surface area contributed by atoms with Gasteiger partial charge in [0.1, 0.15) is 23.1 Å². The van der Waals surface area contributed by atoms with E-state index in [2.05, 4.69) is 16.0 Å². The highest BCUT2D eigenvalue weighted by Gasteiger charge is 2.23. The number of hydrogen-bond donors (Lipinski definition) is 3. The third-order valence-corrected chi connectivity index (χ3v) is 4.81. The second kappa shape index (κ2) is 8.86. The summed E-state index contributed by atoms with van der Waals surface area (Å²) in [5.74, 6) is 6.97. The number of rotatable bonds is 7. The van der Waals surface area contributed by atoms with Crippen LogP contribution in [0.15, 0.2) is 77.8 Å². The summed E-state index contributed by atoms with van der Waals surface area (Å²) >= 11 is 0. The topological polar surface area (TPSA) is 71.7 Å². The number of nitrogens with one attached hydrogen (secondary N) is 2. The lowest BCUT2D eigenvalue weighted by Gasteiger charge is -2.16. The largest absolute Gasteiger partial charge is 0.493 e. The molecule has 6 heteroatoms. The Labute approximate surface area is 169 Å². The molecule has 1 aliphatic carbocycles. The van der Waals surface area contributed by atoms with Crippen molar-refractivity contribution in [2.45, 2.75) is 12.8 Å². The van der Waals surface area contributed by atoms with E-state index in [1.165, 1.54) is 18.9 Å². The first-order valence-electron chi connectivity index (χ1n) is 9.62. The Kier molecular flexibility index (Phi) is 5.84. The van der Waals surface area contributed by atoms with Crippen molar-refractivity contribution in [3.8, 4) is 16.9 Å². The molecule has 0 heterocycles. The summed E-state index contributed by atoms with van der Waals surface area (Å²) in [5.41, 5.74) is 8.10. The van der Waals surface area contributed by atoms with E-state index in [4.69, 9.17) is 10.6 Å². The van der Waals surface area contributed by atoms with Crippen molar-refractivity contribution in [1.82, 2.24) is 11.0 Å². The van der Waals surface area contributed by atoms with Gasteiger partial charge in [-0.15, -0.1) is 0 Å². The zero-order valence-corrected chi connectivity index (χ0v) is 15.9. The molecule has 0 aromatic heterocycles. The molecule has 148 valence electrons. The molecule has 0 bridgehead atoms.